The van der Waals surface area contributed by atoms with Gasteiger partial charge in [-0.1, -0.05) is 6.07 Å². The van der Waals surface area contributed by atoms with E-state index in [1.165, 1.54) is 11.3 Å². The normalized spacial score (nSPS) is 15.5. The van der Waals surface area contributed by atoms with Crippen molar-refractivity contribution < 1.29 is 4.79 Å². The number of pyridine rings is 1. The zero-order chi connectivity index (χ0) is 13.5. The Hall–Kier alpha value is -2.21. The molecule has 0 saturated carbocycles. The highest BCUT2D eigenvalue weighted by Crippen LogP contribution is 2.26. The Balaban J connectivity index is 1.48. The third-order valence-electron chi connectivity index (χ3n) is 3.59. The van der Waals surface area contributed by atoms with Gasteiger partial charge in [0.25, 0.3) is 5.91 Å². The van der Waals surface area contributed by atoms with Crippen molar-refractivity contribution in [1.29, 1.82) is 0 Å². The highest BCUT2D eigenvalue weighted by atomic mass is 32.1. The molecule has 1 amide bonds. The highest BCUT2D eigenvalue weighted by Gasteiger charge is 2.33. The number of likely N-dealkylation sites (tertiary alicyclic amines) is 1. The number of carbonyl (C=O) groups excluding carboxylic acids is 1. The second-order valence-corrected chi connectivity index (χ2v) is 5.75. The van der Waals surface area contributed by atoms with E-state index in [0.29, 0.717) is 11.6 Å². The van der Waals surface area contributed by atoms with Crippen LogP contribution < -0.4 is 0 Å². The number of nitrogens with zero attached hydrogens (tertiary/aromatic N) is 4. The maximum Gasteiger partial charge on any atom is 0.274 e. The Bertz CT molecular complexity index is 729. The van der Waals surface area contributed by atoms with Crippen LogP contribution in [-0.2, 0) is 0 Å². The van der Waals surface area contributed by atoms with Crippen LogP contribution in [-0.4, -0.2) is 38.3 Å². The Kier molecular flexibility index (Phi) is 2.56. The smallest absolute Gasteiger partial charge is 0.274 e. The van der Waals surface area contributed by atoms with E-state index in [-0.39, 0.29) is 5.91 Å². The van der Waals surface area contributed by atoms with E-state index in [0.717, 1.165) is 23.7 Å². The molecule has 0 aromatic carbocycles. The first-order valence-electron chi connectivity index (χ1n) is 6.43. The van der Waals surface area contributed by atoms with Crippen molar-refractivity contribution in [3.05, 3.63) is 53.6 Å². The van der Waals surface area contributed by atoms with Gasteiger partial charge in [-0.15, -0.1) is 11.3 Å². The Morgan fingerprint density at radius 3 is 3.00 bits per heavy atom. The molecule has 6 heteroatoms. The fraction of sp³-hybridized carbons (Fsp3) is 0.214. The summed E-state index contributed by atoms with van der Waals surface area (Å²) in [5.74, 6) is 0.358. The molecule has 100 valence electrons. The lowest BCUT2D eigenvalue weighted by atomic mass is 9.95. The number of hydrogen-bond donors (Lipinski definition) is 0. The molecular weight excluding hydrogens is 272 g/mol. The molecule has 0 N–H and O–H groups in total. The van der Waals surface area contributed by atoms with Gasteiger partial charge in [0.2, 0.25) is 0 Å². The van der Waals surface area contributed by atoms with Gasteiger partial charge in [0.15, 0.2) is 4.96 Å². The zero-order valence-corrected chi connectivity index (χ0v) is 11.5. The minimum Gasteiger partial charge on any atom is -0.336 e. The van der Waals surface area contributed by atoms with Gasteiger partial charge in [0.05, 0.1) is 0 Å². The third kappa shape index (κ3) is 1.80. The molecular formula is C14H12N4OS. The van der Waals surface area contributed by atoms with Crippen molar-refractivity contribution in [1.82, 2.24) is 19.3 Å². The van der Waals surface area contributed by atoms with E-state index in [9.17, 15) is 4.79 Å². The van der Waals surface area contributed by atoms with Crippen LogP contribution in [0.25, 0.3) is 4.96 Å². The summed E-state index contributed by atoms with van der Waals surface area (Å²) in [7, 11) is 0. The van der Waals surface area contributed by atoms with Crippen LogP contribution in [0.4, 0.5) is 0 Å². The molecule has 20 heavy (non-hydrogen) atoms. The SMILES string of the molecule is O=C(c1cn2ccsc2n1)N1CC(c2ccccn2)C1. The van der Waals surface area contributed by atoms with Crippen molar-refractivity contribution in [2.75, 3.05) is 13.1 Å². The van der Waals surface area contributed by atoms with Crippen LogP contribution in [0.1, 0.15) is 22.1 Å². The quantitative estimate of drug-likeness (QED) is 0.723. The molecule has 1 aliphatic rings. The molecule has 0 bridgehead atoms. The van der Waals surface area contributed by atoms with Crippen LogP contribution in [0.3, 0.4) is 0 Å². The molecule has 3 aromatic rings. The van der Waals surface area contributed by atoms with Crippen molar-refractivity contribution in [3.63, 3.8) is 0 Å². The van der Waals surface area contributed by atoms with Crippen LogP contribution in [0, 0.1) is 0 Å². The molecule has 1 saturated heterocycles. The van der Waals surface area contributed by atoms with E-state index in [4.69, 9.17) is 0 Å². The lowest BCUT2D eigenvalue weighted by molar-refractivity contribution is 0.0593. The van der Waals surface area contributed by atoms with Crippen molar-refractivity contribution in [2.45, 2.75) is 5.92 Å². The highest BCUT2D eigenvalue weighted by molar-refractivity contribution is 7.15. The molecule has 4 heterocycles. The number of hydrogen-bond acceptors (Lipinski definition) is 4. The number of aromatic nitrogens is 3. The summed E-state index contributed by atoms with van der Waals surface area (Å²) in [5.41, 5.74) is 1.58. The first-order valence-corrected chi connectivity index (χ1v) is 7.31. The van der Waals surface area contributed by atoms with Crippen molar-refractivity contribution in [2.24, 2.45) is 0 Å². The predicted molar refractivity (Wildman–Crippen MR) is 76.0 cm³/mol. The molecule has 1 aliphatic heterocycles. The van der Waals surface area contributed by atoms with Gasteiger partial charge in [0, 0.05) is 48.7 Å². The number of amides is 1. The number of fused-ring (bicyclic) bond motifs is 1. The average Bonchev–Trinajstić information content (AvgIpc) is 2.98. The fourth-order valence-electron chi connectivity index (χ4n) is 2.44. The standard InChI is InChI=1S/C14H12N4OS/c19-13(12-9-17-5-6-20-14(17)16-12)18-7-10(8-18)11-3-1-2-4-15-11/h1-6,9-10H,7-8H2. The average molecular weight is 284 g/mol. The summed E-state index contributed by atoms with van der Waals surface area (Å²) in [4.78, 5) is 23.7. The number of thiazole rings is 1. The van der Waals surface area contributed by atoms with Gasteiger partial charge in [0.1, 0.15) is 5.69 Å². The summed E-state index contributed by atoms with van der Waals surface area (Å²) in [6, 6.07) is 5.90. The van der Waals surface area contributed by atoms with Crippen molar-refractivity contribution >= 4 is 22.2 Å². The van der Waals surface area contributed by atoms with E-state index in [1.54, 1.807) is 12.4 Å². The predicted octanol–water partition coefficient (Wildman–Crippen LogP) is 2.03. The fourth-order valence-corrected chi connectivity index (χ4v) is 3.14. The Labute approximate surface area is 119 Å². The van der Waals surface area contributed by atoms with Gasteiger partial charge in [-0.3, -0.25) is 14.2 Å². The topological polar surface area (TPSA) is 50.5 Å². The summed E-state index contributed by atoms with van der Waals surface area (Å²) < 4.78 is 1.88. The summed E-state index contributed by atoms with van der Waals surface area (Å²) in [6.45, 7) is 1.45. The lowest BCUT2D eigenvalue weighted by Crippen LogP contribution is -2.48. The molecule has 0 unspecified atom stereocenters. The van der Waals surface area contributed by atoms with Crippen LogP contribution in [0.2, 0.25) is 0 Å². The van der Waals surface area contributed by atoms with Gasteiger partial charge >= 0.3 is 0 Å². The number of carbonyl (C=O) groups is 1. The summed E-state index contributed by atoms with van der Waals surface area (Å²) in [6.07, 6.45) is 5.50. The van der Waals surface area contributed by atoms with Gasteiger partial charge in [-0.05, 0) is 12.1 Å². The van der Waals surface area contributed by atoms with Crippen molar-refractivity contribution in [3.8, 4) is 0 Å². The maximum atomic E-state index is 12.3. The van der Waals surface area contributed by atoms with Crippen LogP contribution >= 0.6 is 11.3 Å². The molecule has 0 atom stereocenters. The Morgan fingerprint density at radius 2 is 2.25 bits per heavy atom. The molecule has 4 rings (SSSR count). The Morgan fingerprint density at radius 1 is 1.35 bits per heavy atom. The first-order chi connectivity index (χ1) is 9.81. The molecule has 0 radical (unpaired) electrons. The molecule has 0 aliphatic carbocycles. The molecule has 5 nitrogen and oxygen atoms in total. The van der Waals surface area contributed by atoms with Crippen LogP contribution in [0.15, 0.2) is 42.2 Å². The first kappa shape index (κ1) is 11.6. The minimum absolute atomic E-state index is 0.00748. The maximum absolute atomic E-state index is 12.3. The van der Waals surface area contributed by atoms with E-state index >= 15 is 0 Å². The number of rotatable bonds is 2. The third-order valence-corrected chi connectivity index (χ3v) is 4.36. The monoisotopic (exact) mass is 284 g/mol. The zero-order valence-electron chi connectivity index (χ0n) is 10.6. The second-order valence-electron chi connectivity index (χ2n) is 4.88. The van der Waals surface area contributed by atoms with E-state index in [2.05, 4.69) is 9.97 Å². The van der Waals surface area contributed by atoms with Gasteiger partial charge in [-0.25, -0.2) is 4.98 Å². The largest absolute Gasteiger partial charge is 0.336 e. The molecule has 0 spiro atoms. The van der Waals surface area contributed by atoms with Crippen LogP contribution in [0.5, 0.6) is 0 Å². The summed E-state index contributed by atoms with van der Waals surface area (Å²) >= 11 is 1.53. The van der Waals surface area contributed by atoms with E-state index in [1.807, 2.05) is 39.1 Å². The van der Waals surface area contributed by atoms with E-state index < -0.39 is 0 Å². The lowest BCUT2D eigenvalue weighted by Gasteiger charge is -2.38. The minimum atomic E-state index is 0.00748. The second kappa shape index (κ2) is 4.42. The molecule has 1 fully saturated rings. The summed E-state index contributed by atoms with van der Waals surface area (Å²) in [5, 5.41) is 1.96. The number of imidazole rings is 1. The molecule has 3 aromatic heterocycles. The van der Waals surface area contributed by atoms with Gasteiger partial charge < -0.3 is 4.90 Å². The van der Waals surface area contributed by atoms with Gasteiger partial charge in [-0.2, -0.15) is 0 Å².